The number of hydrogen-bond acceptors (Lipinski definition) is 2. The summed E-state index contributed by atoms with van der Waals surface area (Å²) in [7, 11) is 1.94. The first-order chi connectivity index (χ1) is 8.73. The van der Waals surface area contributed by atoms with E-state index in [0.717, 1.165) is 31.2 Å². The fourth-order valence-corrected chi connectivity index (χ4v) is 6.28. The van der Waals surface area contributed by atoms with Crippen LogP contribution in [0.3, 0.4) is 0 Å². The molecule has 0 saturated heterocycles. The van der Waals surface area contributed by atoms with E-state index in [4.69, 9.17) is 33.9 Å². The second-order valence-corrected chi connectivity index (χ2v) is 9.68. The maximum atomic E-state index is 11.2. The van der Waals surface area contributed by atoms with Gasteiger partial charge in [0.05, 0.1) is 5.75 Å². The summed E-state index contributed by atoms with van der Waals surface area (Å²) in [6.07, 6.45) is 3.56. The Bertz CT molecular complexity index is 599. The first-order valence-corrected chi connectivity index (χ1v) is 9.31. The van der Waals surface area contributed by atoms with Crippen molar-refractivity contribution < 1.29 is 8.42 Å². The van der Waals surface area contributed by atoms with Crippen LogP contribution in [0.2, 0.25) is 10.0 Å². The molecule has 0 atom stereocenters. The van der Waals surface area contributed by atoms with Crippen LogP contribution < -0.4 is 0 Å². The second kappa shape index (κ2) is 4.27. The molecule has 0 aliphatic heterocycles. The van der Waals surface area contributed by atoms with Crippen molar-refractivity contribution >= 4 is 42.9 Å². The fraction of sp³-hybridized carbons (Fsp3) is 0.538. The maximum absolute atomic E-state index is 11.2. The average Bonchev–Trinajstić information content (AvgIpc) is 2.16. The van der Waals surface area contributed by atoms with Crippen molar-refractivity contribution in [2.75, 3.05) is 5.75 Å². The van der Waals surface area contributed by atoms with Crippen LogP contribution in [0.25, 0.3) is 0 Å². The minimum atomic E-state index is -3.40. The zero-order valence-corrected chi connectivity index (χ0v) is 13.2. The van der Waals surface area contributed by atoms with E-state index < -0.39 is 9.05 Å². The van der Waals surface area contributed by atoms with Crippen molar-refractivity contribution in [3.05, 3.63) is 33.8 Å². The van der Waals surface area contributed by atoms with Gasteiger partial charge in [0.1, 0.15) is 0 Å². The summed E-state index contributed by atoms with van der Waals surface area (Å²) in [6, 6.07) is 5.51. The highest BCUT2D eigenvalue weighted by molar-refractivity contribution is 8.13. The summed E-state index contributed by atoms with van der Waals surface area (Å²) in [5.41, 5.74) is 1.10. The molecule has 3 fully saturated rings. The Morgan fingerprint density at radius 1 is 1.05 bits per heavy atom. The summed E-state index contributed by atoms with van der Waals surface area (Å²) in [5, 5.41) is 1.38. The maximum Gasteiger partial charge on any atom is 0.233 e. The highest BCUT2D eigenvalue weighted by Crippen LogP contribution is 2.75. The van der Waals surface area contributed by atoms with Crippen LogP contribution in [0.1, 0.15) is 24.8 Å². The fourth-order valence-electron chi connectivity index (χ4n) is 4.01. The normalized spacial score (nSPS) is 32.6. The van der Waals surface area contributed by atoms with Gasteiger partial charge in [0, 0.05) is 20.7 Å². The molecule has 4 rings (SSSR count). The minimum Gasteiger partial charge on any atom is -0.212 e. The third-order valence-electron chi connectivity index (χ3n) is 4.34. The van der Waals surface area contributed by atoms with Crippen LogP contribution in [-0.2, 0) is 15.5 Å². The molecule has 0 spiro atoms. The monoisotopic (exact) mass is 338 g/mol. The van der Waals surface area contributed by atoms with E-state index in [-0.39, 0.29) is 16.6 Å². The Kier molecular flexibility index (Phi) is 3.14. The summed E-state index contributed by atoms with van der Waals surface area (Å²) in [6.45, 7) is 0. The smallest absolute Gasteiger partial charge is 0.212 e. The van der Waals surface area contributed by atoms with Crippen LogP contribution in [0.5, 0.6) is 0 Å². The number of hydrogen-bond donors (Lipinski definition) is 0. The molecule has 0 amide bonds. The van der Waals surface area contributed by atoms with Gasteiger partial charge in [0.15, 0.2) is 0 Å². The van der Waals surface area contributed by atoms with E-state index >= 15 is 0 Å². The summed E-state index contributed by atoms with van der Waals surface area (Å²) >= 11 is 12.3. The van der Waals surface area contributed by atoms with Crippen molar-refractivity contribution in [2.45, 2.75) is 25.7 Å². The third-order valence-corrected chi connectivity index (χ3v) is 6.33. The zero-order chi connectivity index (χ0) is 13.9. The van der Waals surface area contributed by atoms with Gasteiger partial charge in [-0.25, -0.2) is 8.42 Å². The lowest BCUT2D eigenvalue weighted by Crippen LogP contribution is -2.64. The molecule has 19 heavy (non-hydrogen) atoms. The quantitative estimate of drug-likeness (QED) is 0.767. The Balaban J connectivity index is 1.70. The van der Waals surface area contributed by atoms with Gasteiger partial charge in [-0.2, -0.15) is 0 Å². The van der Waals surface area contributed by atoms with Crippen molar-refractivity contribution in [3.8, 4) is 0 Å². The van der Waals surface area contributed by atoms with Crippen LogP contribution in [0.15, 0.2) is 18.2 Å². The molecular weight excluding hydrogens is 327 g/mol. The average molecular weight is 340 g/mol. The van der Waals surface area contributed by atoms with Crippen LogP contribution in [-0.4, -0.2) is 14.2 Å². The van der Waals surface area contributed by atoms with Gasteiger partial charge in [0.25, 0.3) is 0 Å². The minimum absolute atomic E-state index is 0.0751. The van der Waals surface area contributed by atoms with E-state index in [1.165, 1.54) is 0 Å². The van der Waals surface area contributed by atoms with Crippen LogP contribution in [0.4, 0.5) is 0 Å². The topological polar surface area (TPSA) is 34.1 Å². The van der Waals surface area contributed by atoms with Crippen LogP contribution in [0, 0.1) is 10.8 Å². The molecule has 3 aliphatic carbocycles. The number of benzene rings is 1. The molecule has 1 aromatic carbocycles. The first kappa shape index (κ1) is 14.0. The Morgan fingerprint density at radius 3 is 2.05 bits per heavy atom. The van der Waals surface area contributed by atoms with E-state index in [2.05, 4.69) is 0 Å². The Labute approximate surface area is 127 Å². The number of halogens is 3. The Morgan fingerprint density at radius 2 is 1.58 bits per heavy atom. The molecule has 0 N–H and O–H groups in total. The highest BCUT2D eigenvalue weighted by atomic mass is 35.7. The van der Waals surface area contributed by atoms with Gasteiger partial charge in [-0.05, 0) is 54.2 Å². The molecule has 0 heterocycles. The van der Waals surface area contributed by atoms with Crippen molar-refractivity contribution in [1.29, 1.82) is 0 Å². The van der Waals surface area contributed by atoms with Crippen molar-refractivity contribution in [3.63, 3.8) is 0 Å². The van der Waals surface area contributed by atoms with Gasteiger partial charge >= 0.3 is 0 Å². The zero-order valence-electron chi connectivity index (χ0n) is 10.1. The lowest BCUT2D eigenvalue weighted by molar-refractivity contribution is -0.186. The predicted molar refractivity (Wildman–Crippen MR) is 78.5 cm³/mol. The molecule has 0 radical (unpaired) electrons. The van der Waals surface area contributed by atoms with E-state index in [1.54, 1.807) is 0 Å². The largest absolute Gasteiger partial charge is 0.233 e. The molecule has 2 nitrogen and oxygen atoms in total. The van der Waals surface area contributed by atoms with Gasteiger partial charge in [0.2, 0.25) is 9.05 Å². The van der Waals surface area contributed by atoms with E-state index in [0.29, 0.717) is 10.0 Å². The standard InChI is InChI=1S/C13H13Cl3O2S/c14-10-2-1-3-11(15)9(10)4-12-5-13(6-12,7-12)8-19(16,17)18/h1-3H,4-8H2. The molecule has 0 aromatic heterocycles. The molecular formula is C13H13Cl3O2S. The molecule has 1 aromatic rings. The van der Waals surface area contributed by atoms with Gasteiger partial charge in [-0.15, -0.1) is 0 Å². The van der Waals surface area contributed by atoms with Crippen molar-refractivity contribution in [2.24, 2.45) is 10.8 Å². The highest BCUT2D eigenvalue weighted by Gasteiger charge is 2.68. The molecule has 6 heteroatoms. The first-order valence-electron chi connectivity index (χ1n) is 6.08. The Hall–Kier alpha value is 0.0400. The lowest BCUT2D eigenvalue weighted by Gasteiger charge is -2.71. The summed E-state index contributed by atoms with van der Waals surface area (Å²) in [5.74, 6) is 0.0968. The number of rotatable bonds is 4. The van der Waals surface area contributed by atoms with Gasteiger partial charge in [-0.3, -0.25) is 0 Å². The van der Waals surface area contributed by atoms with Gasteiger partial charge in [-0.1, -0.05) is 29.3 Å². The van der Waals surface area contributed by atoms with E-state index in [9.17, 15) is 8.42 Å². The predicted octanol–water partition coefficient (Wildman–Crippen LogP) is 4.27. The van der Waals surface area contributed by atoms with Crippen molar-refractivity contribution in [1.82, 2.24) is 0 Å². The molecule has 3 aliphatic rings. The third kappa shape index (κ3) is 2.51. The molecule has 3 saturated carbocycles. The molecule has 2 bridgehead atoms. The lowest BCUT2D eigenvalue weighted by atomic mass is 9.34. The summed E-state index contributed by atoms with van der Waals surface area (Å²) < 4.78 is 22.3. The SMILES string of the molecule is O=S(=O)(Cl)CC12CC(Cc3c(Cl)cccc3Cl)(C1)C2. The van der Waals surface area contributed by atoms with Crippen LogP contribution >= 0.6 is 33.9 Å². The van der Waals surface area contributed by atoms with Gasteiger partial charge < -0.3 is 0 Å². The molecule has 0 unspecified atom stereocenters. The van der Waals surface area contributed by atoms with E-state index in [1.807, 2.05) is 18.2 Å². The second-order valence-electron chi connectivity index (χ2n) is 6.09. The molecule has 104 valence electrons. The summed E-state index contributed by atoms with van der Waals surface area (Å²) in [4.78, 5) is 0.